The average molecular weight is 195 g/mol. The van der Waals surface area contributed by atoms with Gasteiger partial charge in [-0.25, -0.2) is 4.39 Å². The third kappa shape index (κ3) is 1.82. The number of phenols is 1. The number of alkyl halides is 3. The Labute approximate surface area is 70.6 Å². The minimum atomic E-state index is -4.85. The zero-order chi connectivity index (χ0) is 10.2. The maximum Gasteiger partial charge on any atom is 0.421 e. The van der Waals surface area contributed by atoms with E-state index in [-0.39, 0.29) is 0 Å². The van der Waals surface area contributed by atoms with Gasteiger partial charge in [0.15, 0.2) is 0 Å². The minimum Gasteiger partial charge on any atom is -0.508 e. The topological polar surface area (TPSA) is 46.2 Å². The fourth-order valence-electron chi connectivity index (χ4n) is 0.912. The largest absolute Gasteiger partial charge is 0.508 e. The van der Waals surface area contributed by atoms with Crippen molar-refractivity contribution in [2.45, 2.75) is 6.18 Å². The molecule has 13 heavy (non-hydrogen) atoms. The van der Waals surface area contributed by atoms with Crippen molar-refractivity contribution in [3.8, 4) is 5.75 Å². The SMILES string of the molecule is Nc1cc(O)cc(F)c1C(F)(F)F. The minimum absolute atomic E-state index is 0.360. The summed E-state index contributed by atoms with van der Waals surface area (Å²) < 4.78 is 48.8. The van der Waals surface area contributed by atoms with Crippen molar-refractivity contribution in [2.75, 3.05) is 5.73 Å². The van der Waals surface area contributed by atoms with Crippen LogP contribution in [-0.4, -0.2) is 5.11 Å². The number of halogens is 4. The molecule has 1 aromatic rings. The Morgan fingerprint density at radius 2 is 1.77 bits per heavy atom. The molecule has 0 saturated carbocycles. The van der Waals surface area contributed by atoms with Crippen LogP contribution in [0.25, 0.3) is 0 Å². The number of aromatic hydroxyl groups is 1. The lowest BCUT2D eigenvalue weighted by Crippen LogP contribution is -2.11. The van der Waals surface area contributed by atoms with Gasteiger partial charge in [-0.3, -0.25) is 0 Å². The van der Waals surface area contributed by atoms with Crippen LogP contribution in [0.5, 0.6) is 5.75 Å². The Bertz CT molecular complexity index is 311. The van der Waals surface area contributed by atoms with Gasteiger partial charge in [0, 0.05) is 12.1 Å². The number of rotatable bonds is 0. The van der Waals surface area contributed by atoms with Crippen molar-refractivity contribution in [1.82, 2.24) is 0 Å². The van der Waals surface area contributed by atoms with Gasteiger partial charge in [0.2, 0.25) is 0 Å². The van der Waals surface area contributed by atoms with Gasteiger partial charge in [0.25, 0.3) is 0 Å². The molecule has 0 atom stereocenters. The molecule has 0 radical (unpaired) electrons. The molecule has 3 N–H and O–H groups in total. The number of anilines is 1. The van der Waals surface area contributed by atoms with Gasteiger partial charge in [0.05, 0.1) is 5.69 Å². The average Bonchev–Trinajstić information content (AvgIpc) is 1.78. The molecule has 0 bridgehead atoms. The van der Waals surface area contributed by atoms with Gasteiger partial charge in [-0.15, -0.1) is 0 Å². The second-order valence-electron chi connectivity index (χ2n) is 2.39. The number of hydrogen-bond acceptors (Lipinski definition) is 2. The number of benzene rings is 1. The molecule has 0 amide bonds. The Morgan fingerprint density at radius 1 is 1.23 bits per heavy atom. The molecule has 0 aliphatic heterocycles. The molecule has 72 valence electrons. The number of nitrogen functional groups attached to an aromatic ring is 1. The van der Waals surface area contributed by atoms with Crippen molar-refractivity contribution in [3.05, 3.63) is 23.5 Å². The van der Waals surface area contributed by atoms with E-state index in [0.29, 0.717) is 12.1 Å². The van der Waals surface area contributed by atoms with E-state index in [2.05, 4.69) is 0 Å². The first-order valence-corrected chi connectivity index (χ1v) is 3.17. The summed E-state index contributed by atoms with van der Waals surface area (Å²) in [6.07, 6.45) is -4.85. The summed E-state index contributed by atoms with van der Waals surface area (Å²) >= 11 is 0. The summed E-state index contributed by atoms with van der Waals surface area (Å²) in [5.41, 5.74) is 2.51. The first-order valence-electron chi connectivity index (χ1n) is 3.17. The maximum atomic E-state index is 12.6. The fourth-order valence-corrected chi connectivity index (χ4v) is 0.912. The molecule has 0 aliphatic carbocycles. The van der Waals surface area contributed by atoms with E-state index >= 15 is 0 Å². The molecule has 0 aliphatic rings. The normalized spacial score (nSPS) is 11.7. The molecule has 1 aromatic carbocycles. The standard InChI is InChI=1S/C7H5F4NO/c8-4-1-3(13)2-5(12)6(4)7(9,10)11/h1-2,13H,12H2. The van der Waals surface area contributed by atoms with Gasteiger partial charge >= 0.3 is 6.18 Å². The Kier molecular flexibility index (Phi) is 2.07. The zero-order valence-corrected chi connectivity index (χ0v) is 6.19. The lowest BCUT2D eigenvalue weighted by molar-refractivity contribution is -0.139. The van der Waals surface area contributed by atoms with E-state index in [9.17, 15) is 17.6 Å². The van der Waals surface area contributed by atoms with Gasteiger partial charge in [0.1, 0.15) is 17.1 Å². The van der Waals surface area contributed by atoms with E-state index in [1.807, 2.05) is 0 Å². The van der Waals surface area contributed by atoms with Crippen molar-refractivity contribution < 1.29 is 22.7 Å². The van der Waals surface area contributed by atoms with Crippen LogP contribution < -0.4 is 5.73 Å². The molecule has 0 fully saturated rings. The van der Waals surface area contributed by atoms with E-state index in [0.717, 1.165) is 0 Å². The third-order valence-electron chi connectivity index (χ3n) is 1.39. The quantitative estimate of drug-likeness (QED) is 0.492. The molecular formula is C7H5F4NO. The predicted molar refractivity (Wildman–Crippen MR) is 37.5 cm³/mol. The summed E-state index contributed by atoms with van der Waals surface area (Å²) in [5.74, 6) is -2.21. The highest BCUT2D eigenvalue weighted by Crippen LogP contribution is 2.37. The highest BCUT2D eigenvalue weighted by atomic mass is 19.4. The second kappa shape index (κ2) is 2.79. The third-order valence-corrected chi connectivity index (χ3v) is 1.39. The lowest BCUT2D eigenvalue weighted by atomic mass is 10.1. The highest BCUT2D eigenvalue weighted by molar-refractivity contribution is 5.53. The van der Waals surface area contributed by atoms with Crippen molar-refractivity contribution in [1.29, 1.82) is 0 Å². The van der Waals surface area contributed by atoms with Crippen molar-refractivity contribution >= 4 is 5.69 Å². The predicted octanol–water partition coefficient (Wildman–Crippen LogP) is 2.13. The van der Waals surface area contributed by atoms with E-state index < -0.39 is 29.0 Å². The van der Waals surface area contributed by atoms with E-state index in [4.69, 9.17) is 10.8 Å². The molecule has 6 heteroatoms. The van der Waals surface area contributed by atoms with Gasteiger partial charge < -0.3 is 10.8 Å². The van der Waals surface area contributed by atoms with E-state index in [1.54, 1.807) is 0 Å². The fraction of sp³-hybridized carbons (Fsp3) is 0.143. The zero-order valence-electron chi connectivity index (χ0n) is 6.19. The number of nitrogens with two attached hydrogens (primary N) is 1. The van der Waals surface area contributed by atoms with Crippen LogP contribution in [0.1, 0.15) is 5.56 Å². The Hall–Kier alpha value is -1.46. The summed E-state index contributed by atoms with van der Waals surface area (Å²) in [6.45, 7) is 0. The van der Waals surface area contributed by atoms with Crippen LogP contribution in [0.15, 0.2) is 12.1 Å². The van der Waals surface area contributed by atoms with Crippen LogP contribution in [0.2, 0.25) is 0 Å². The Morgan fingerprint density at radius 3 is 2.15 bits per heavy atom. The molecule has 0 spiro atoms. The van der Waals surface area contributed by atoms with Crippen LogP contribution >= 0.6 is 0 Å². The molecule has 1 rings (SSSR count). The molecule has 2 nitrogen and oxygen atoms in total. The summed E-state index contributed by atoms with van der Waals surface area (Å²) in [5, 5.41) is 8.70. The first-order chi connectivity index (χ1) is 5.82. The van der Waals surface area contributed by atoms with Crippen LogP contribution in [-0.2, 0) is 6.18 Å². The molecule has 0 saturated heterocycles. The van der Waals surface area contributed by atoms with Crippen LogP contribution in [0.4, 0.5) is 23.2 Å². The van der Waals surface area contributed by atoms with Gasteiger partial charge in [-0.1, -0.05) is 0 Å². The Balaban J connectivity index is 3.38. The molecule has 0 unspecified atom stereocenters. The summed E-state index contributed by atoms with van der Waals surface area (Å²) in [6, 6.07) is 1.01. The monoisotopic (exact) mass is 195 g/mol. The first kappa shape index (κ1) is 9.63. The molecule has 0 heterocycles. The van der Waals surface area contributed by atoms with E-state index in [1.165, 1.54) is 0 Å². The summed E-state index contributed by atoms with van der Waals surface area (Å²) in [4.78, 5) is 0. The van der Waals surface area contributed by atoms with Gasteiger partial charge in [-0.05, 0) is 0 Å². The number of phenolic OH excluding ortho intramolecular Hbond substituents is 1. The van der Waals surface area contributed by atoms with Crippen molar-refractivity contribution in [2.24, 2.45) is 0 Å². The van der Waals surface area contributed by atoms with Gasteiger partial charge in [-0.2, -0.15) is 13.2 Å². The summed E-state index contributed by atoms with van der Waals surface area (Å²) in [7, 11) is 0. The second-order valence-corrected chi connectivity index (χ2v) is 2.39. The molecule has 0 aromatic heterocycles. The number of hydrogen-bond donors (Lipinski definition) is 2. The van der Waals surface area contributed by atoms with Crippen LogP contribution in [0.3, 0.4) is 0 Å². The maximum absolute atomic E-state index is 12.6. The van der Waals surface area contributed by atoms with Crippen LogP contribution in [0, 0.1) is 5.82 Å². The highest BCUT2D eigenvalue weighted by Gasteiger charge is 2.36. The molecular weight excluding hydrogens is 190 g/mol. The smallest absolute Gasteiger partial charge is 0.421 e. The van der Waals surface area contributed by atoms with Crippen molar-refractivity contribution in [3.63, 3.8) is 0 Å². The lowest BCUT2D eigenvalue weighted by Gasteiger charge is -2.10.